The van der Waals surface area contributed by atoms with Gasteiger partial charge in [-0.15, -0.1) is 0 Å². The molecule has 5 heteroatoms. The molecule has 2 rings (SSSR count). The zero-order valence-electron chi connectivity index (χ0n) is 11.1. The van der Waals surface area contributed by atoms with Gasteiger partial charge in [-0.25, -0.2) is 0 Å². The number of aliphatic hydroxyl groups excluding tert-OH is 2. The number of benzene rings is 1. The van der Waals surface area contributed by atoms with Crippen LogP contribution in [0.25, 0.3) is 0 Å². The summed E-state index contributed by atoms with van der Waals surface area (Å²) in [6.45, 7) is 3.73. The van der Waals surface area contributed by atoms with Crippen molar-refractivity contribution in [3.05, 3.63) is 27.7 Å². The number of hydrogen-bond donors (Lipinski definition) is 3. The summed E-state index contributed by atoms with van der Waals surface area (Å²) in [6, 6.07) is 4.14. The molecule has 0 radical (unpaired) electrons. The summed E-state index contributed by atoms with van der Waals surface area (Å²) in [6.07, 6.45) is 0.951. The van der Waals surface area contributed by atoms with E-state index in [1.807, 2.05) is 13.0 Å². The van der Waals surface area contributed by atoms with Crippen LogP contribution in [0.3, 0.4) is 0 Å². The summed E-state index contributed by atoms with van der Waals surface area (Å²) in [5.74, 6) is 0.977. The number of rotatable bonds is 6. The van der Waals surface area contributed by atoms with E-state index in [0.29, 0.717) is 13.1 Å². The molecular weight excluding hydrogens is 310 g/mol. The molecule has 1 aromatic rings. The molecule has 0 saturated heterocycles. The highest BCUT2D eigenvalue weighted by molar-refractivity contribution is 9.10. The van der Waals surface area contributed by atoms with Gasteiger partial charge in [0.25, 0.3) is 0 Å². The molecular formula is C14H20BrNO3. The van der Waals surface area contributed by atoms with Gasteiger partial charge in [-0.05, 0) is 17.7 Å². The van der Waals surface area contributed by atoms with E-state index in [-0.39, 0.29) is 13.2 Å². The zero-order chi connectivity index (χ0) is 13.9. The highest BCUT2D eigenvalue weighted by Crippen LogP contribution is 2.32. The van der Waals surface area contributed by atoms with Crippen LogP contribution in [-0.2, 0) is 13.0 Å². The molecule has 106 valence electrons. The average molecular weight is 330 g/mol. The van der Waals surface area contributed by atoms with Crippen molar-refractivity contribution in [3.8, 4) is 5.75 Å². The lowest BCUT2D eigenvalue weighted by Crippen LogP contribution is -2.37. The van der Waals surface area contributed by atoms with E-state index < -0.39 is 5.41 Å². The van der Waals surface area contributed by atoms with Crippen molar-refractivity contribution >= 4 is 15.9 Å². The van der Waals surface area contributed by atoms with Crippen LogP contribution in [0.5, 0.6) is 5.75 Å². The van der Waals surface area contributed by atoms with Crippen LogP contribution in [0.4, 0.5) is 0 Å². The number of nitrogens with one attached hydrogen (secondary N) is 1. The third-order valence-corrected chi connectivity index (χ3v) is 3.91. The lowest BCUT2D eigenvalue weighted by atomic mass is 9.93. The molecule has 4 nitrogen and oxygen atoms in total. The molecule has 0 atom stereocenters. The van der Waals surface area contributed by atoms with Crippen LogP contribution in [0, 0.1) is 5.41 Å². The second-order valence-corrected chi connectivity index (χ2v) is 6.30. The Balaban J connectivity index is 2.01. The second-order valence-electron chi connectivity index (χ2n) is 5.38. The predicted octanol–water partition coefficient (Wildman–Crippen LogP) is 1.46. The molecule has 3 N–H and O–H groups in total. The van der Waals surface area contributed by atoms with Gasteiger partial charge < -0.3 is 20.3 Å². The van der Waals surface area contributed by atoms with Gasteiger partial charge in [0.2, 0.25) is 0 Å². The van der Waals surface area contributed by atoms with Gasteiger partial charge in [0.15, 0.2) is 0 Å². The van der Waals surface area contributed by atoms with E-state index >= 15 is 0 Å². The highest BCUT2D eigenvalue weighted by atomic mass is 79.9. The van der Waals surface area contributed by atoms with Gasteiger partial charge in [0.05, 0.1) is 19.8 Å². The first kappa shape index (κ1) is 14.8. The summed E-state index contributed by atoms with van der Waals surface area (Å²) in [5.41, 5.74) is 1.86. The first-order valence-corrected chi connectivity index (χ1v) is 7.24. The van der Waals surface area contributed by atoms with Crippen LogP contribution in [0.1, 0.15) is 18.1 Å². The molecule has 1 aromatic carbocycles. The fourth-order valence-electron chi connectivity index (χ4n) is 2.14. The normalized spacial score (nSPS) is 14.3. The fourth-order valence-corrected chi connectivity index (χ4v) is 2.69. The highest BCUT2D eigenvalue weighted by Gasteiger charge is 2.22. The van der Waals surface area contributed by atoms with E-state index in [1.165, 1.54) is 5.56 Å². The van der Waals surface area contributed by atoms with Crippen molar-refractivity contribution < 1.29 is 14.9 Å². The van der Waals surface area contributed by atoms with E-state index in [4.69, 9.17) is 4.74 Å². The molecule has 1 heterocycles. The van der Waals surface area contributed by atoms with Crippen LogP contribution < -0.4 is 10.1 Å². The Kier molecular flexibility index (Phi) is 4.84. The Hall–Kier alpha value is -0.620. The van der Waals surface area contributed by atoms with Gasteiger partial charge in [-0.1, -0.05) is 22.9 Å². The summed E-state index contributed by atoms with van der Waals surface area (Å²) >= 11 is 3.51. The molecule has 0 bridgehead atoms. The van der Waals surface area contributed by atoms with Crippen LogP contribution >= 0.6 is 15.9 Å². The van der Waals surface area contributed by atoms with Crippen LogP contribution in [-0.4, -0.2) is 36.6 Å². The van der Waals surface area contributed by atoms with Gasteiger partial charge in [-0.2, -0.15) is 0 Å². The Morgan fingerprint density at radius 3 is 2.79 bits per heavy atom. The maximum atomic E-state index is 9.25. The number of ether oxygens (including phenoxy) is 1. The van der Waals surface area contributed by atoms with E-state index in [9.17, 15) is 10.2 Å². The van der Waals surface area contributed by atoms with Crippen molar-refractivity contribution in [2.45, 2.75) is 19.9 Å². The van der Waals surface area contributed by atoms with Crippen LogP contribution in [0.15, 0.2) is 16.6 Å². The summed E-state index contributed by atoms with van der Waals surface area (Å²) in [5, 5.41) is 21.8. The molecule has 0 unspecified atom stereocenters. The summed E-state index contributed by atoms with van der Waals surface area (Å²) < 4.78 is 6.72. The van der Waals surface area contributed by atoms with Gasteiger partial charge in [-0.3, -0.25) is 0 Å². The van der Waals surface area contributed by atoms with Crippen molar-refractivity contribution in [2.24, 2.45) is 5.41 Å². The predicted molar refractivity (Wildman–Crippen MR) is 77.3 cm³/mol. The topological polar surface area (TPSA) is 61.7 Å². The lowest BCUT2D eigenvalue weighted by molar-refractivity contribution is 0.0695. The number of halogens is 1. The van der Waals surface area contributed by atoms with E-state index in [1.54, 1.807) is 0 Å². The molecule has 1 aliphatic rings. The standard InChI is InChI=1S/C14H20BrNO3/c1-14(8-17,9-18)7-16-6-11-5-12(15)4-10-2-3-19-13(10)11/h4-5,16-18H,2-3,6-9H2,1H3. The Morgan fingerprint density at radius 1 is 1.37 bits per heavy atom. The summed E-state index contributed by atoms with van der Waals surface area (Å²) in [7, 11) is 0. The third kappa shape index (κ3) is 3.48. The van der Waals surface area contributed by atoms with Gasteiger partial charge >= 0.3 is 0 Å². The van der Waals surface area contributed by atoms with E-state index in [2.05, 4.69) is 27.3 Å². The molecule has 0 fully saturated rings. The lowest BCUT2D eigenvalue weighted by Gasteiger charge is -2.25. The maximum Gasteiger partial charge on any atom is 0.127 e. The van der Waals surface area contributed by atoms with E-state index in [0.717, 1.165) is 28.8 Å². The van der Waals surface area contributed by atoms with Crippen molar-refractivity contribution in [3.63, 3.8) is 0 Å². The molecule has 0 aromatic heterocycles. The van der Waals surface area contributed by atoms with Crippen LogP contribution in [0.2, 0.25) is 0 Å². The minimum atomic E-state index is -0.490. The Labute approximate surface area is 121 Å². The van der Waals surface area contributed by atoms with Crippen molar-refractivity contribution in [1.29, 1.82) is 0 Å². The fraction of sp³-hybridized carbons (Fsp3) is 0.571. The monoisotopic (exact) mass is 329 g/mol. The number of fused-ring (bicyclic) bond motifs is 1. The SMILES string of the molecule is CC(CO)(CO)CNCc1cc(Br)cc2c1OCC2. The molecule has 0 saturated carbocycles. The molecule has 0 amide bonds. The minimum Gasteiger partial charge on any atom is -0.493 e. The average Bonchev–Trinajstić information content (AvgIpc) is 2.86. The number of aliphatic hydroxyl groups is 2. The van der Waals surface area contributed by atoms with Crippen molar-refractivity contribution in [1.82, 2.24) is 5.32 Å². The third-order valence-electron chi connectivity index (χ3n) is 3.46. The smallest absolute Gasteiger partial charge is 0.127 e. The quantitative estimate of drug-likeness (QED) is 0.739. The number of hydrogen-bond acceptors (Lipinski definition) is 4. The zero-order valence-corrected chi connectivity index (χ0v) is 12.7. The molecule has 0 aliphatic carbocycles. The Bertz CT molecular complexity index is 447. The first-order chi connectivity index (χ1) is 9.08. The molecule has 19 heavy (non-hydrogen) atoms. The van der Waals surface area contributed by atoms with Gasteiger partial charge in [0, 0.05) is 35.0 Å². The molecule has 1 aliphatic heterocycles. The Morgan fingerprint density at radius 2 is 2.11 bits per heavy atom. The summed E-state index contributed by atoms with van der Waals surface area (Å²) in [4.78, 5) is 0. The minimum absolute atomic E-state index is 0.0381. The second kappa shape index (κ2) is 6.22. The largest absolute Gasteiger partial charge is 0.493 e. The molecule has 0 spiro atoms. The van der Waals surface area contributed by atoms with Crippen molar-refractivity contribution in [2.75, 3.05) is 26.4 Å². The van der Waals surface area contributed by atoms with Gasteiger partial charge in [0.1, 0.15) is 5.75 Å². The maximum absolute atomic E-state index is 9.25. The first-order valence-electron chi connectivity index (χ1n) is 6.44.